The van der Waals surface area contributed by atoms with E-state index in [1.165, 1.54) is 6.92 Å². The second-order valence-electron chi connectivity index (χ2n) is 7.04. The molecule has 2 amide bonds. The molecule has 0 fully saturated rings. The number of H-pyrrole nitrogens is 1. The highest BCUT2D eigenvalue weighted by atomic mass is 16.2. The minimum absolute atomic E-state index is 0.0348. The molecule has 0 spiro atoms. The topological polar surface area (TPSA) is 68.4 Å². The highest BCUT2D eigenvalue weighted by molar-refractivity contribution is 5.94. The van der Waals surface area contributed by atoms with Gasteiger partial charge in [-0.25, -0.2) is 0 Å². The minimum atomic E-state index is -0.202. The maximum absolute atomic E-state index is 12.4. The average Bonchev–Trinajstić information content (AvgIpc) is 3.08. The smallest absolute Gasteiger partial charge is 0.243 e. The van der Waals surface area contributed by atoms with E-state index >= 15 is 0 Å². The van der Waals surface area contributed by atoms with Crippen molar-refractivity contribution in [3.8, 4) is 0 Å². The summed E-state index contributed by atoms with van der Waals surface area (Å²) in [6, 6.07) is 15.7. The second-order valence-corrected chi connectivity index (χ2v) is 7.04. The number of aromatic amines is 1. The van der Waals surface area contributed by atoms with E-state index in [-0.39, 0.29) is 18.4 Å². The van der Waals surface area contributed by atoms with E-state index in [2.05, 4.69) is 16.4 Å². The Balaban J connectivity index is 1.59. The van der Waals surface area contributed by atoms with Crippen LogP contribution in [0.5, 0.6) is 0 Å². The highest BCUT2D eigenvalue weighted by Crippen LogP contribution is 2.19. The van der Waals surface area contributed by atoms with E-state index in [9.17, 15) is 9.59 Å². The Morgan fingerprint density at radius 2 is 1.75 bits per heavy atom. The van der Waals surface area contributed by atoms with Gasteiger partial charge in [-0.3, -0.25) is 9.59 Å². The van der Waals surface area contributed by atoms with E-state index in [1.54, 1.807) is 4.90 Å². The maximum Gasteiger partial charge on any atom is 0.243 e. The summed E-state index contributed by atoms with van der Waals surface area (Å²) in [5.74, 6) is -0.315. The number of carbonyl (C=O) groups excluding carboxylic acids is 2. The first kappa shape index (κ1) is 19.5. The van der Waals surface area contributed by atoms with Crippen molar-refractivity contribution < 1.29 is 9.59 Å². The van der Waals surface area contributed by atoms with Gasteiger partial charge in [0, 0.05) is 56.0 Å². The molecule has 6 nitrogen and oxygen atoms in total. The van der Waals surface area contributed by atoms with Crippen LogP contribution in [-0.4, -0.2) is 48.9 Å². The number of benzene rings is 2. The van der Waals surface area contributed by atoms with Gasteiger partial charge < -0.3 is 20.1 Å². The average molecular weight is 378 g/mol. The van der Waals surface area contributed by atoms with Crippen molar-refractivity contribution >= 4 is 34.1 Å². The molecular weight excluding hydrogens is 352 g/mol. The third-order valence-corrected chi connectivity index (χ3v) is 4.77. The van der Waals surface area contributed by atoms with Crippen molar-refractivity contribution in [1.29, 1.82) is 0 Å². The lowest BCUT2D eigenvalue weighted by Crippen LogP contribution is -2.37. The fourth-order valence-corrected chi connectivity index (χ4v) is 3.16. The minimum Gasteiger partial charge on any atom is -0.378 e. The molecule has 2 aromatic carbocycles. The molecule has 0 aliphatic heterocycles. The van der Waals surface area contributed by atoms with E-state index < -0.39 is 0 Å². The van der Waals surface area contributed by atoms with E-state index in [0.29, 0.717) is 13.0 Å². The van der Waals surface area contributed by atoms with Crippen LogP contribution in [0.1, 0.15) is 12.5 Å². The Bertz CT molecular complexity index is 960. The molecule has 0 atom stereocenters. The molecule has 0 saturated carbocycles. The zero-order valence-corrected chi connectivity index (χ0v) is 16.5. The molecule has 0 radical (unpaired) electrons. The molecule has 2 N–H and O–H groups in total. The standard InChI is InChI=1S/C22H26N4O2/c1-16(27)26(13-12-17-14-23-21-7-5-4-6-20(17)21)15-22(28)24-18-8-10-19(11-9-18)25(2)3/h4-11,14,23H,12-13,15H2,1-3H3,(H,24,28). The fraction of sp³-hybridized carbons (Fsp3) is 0.273. The third kappa shape index (κ3) is 4.71. The number of fused-ring (bicyclic) bond motifs is 1. The van der Waals surface area contributed by atoms with Crippen molar-refractivity contribution in [3.63, 3.8) is 0 Å². The van der Waals surface area contributed by atoms with Crippen molar-refractivity contribution in [2.45, 2.75) is 13.3 Å². The maximum atomic E-state index is 12.4. The lowest BCUT2D eigenvalue weighted by molar-refractivity contribution is -0.132. The van der Waals surface area contributed by atoms with Crippen LogP contribution in [-0.2, 0) is 16.0 Å². The van der Waals surface area contributed by atoms with Gasteiger partial charge in [-0.05, 0) is 42.3 Å². The van der Waals surface area contributed by atoms with Crippen LogP contribution in [0, 0.1) is 0 Å². The number of hydrogen-bond donors (Lipinski definition) is 2. The van der Waals surface area contributed by atoms with Crippen molar-refractivity contribution in [3.05, 3.63) is 60.3 Å². The Morgan fingerprint density at radius 3 is 2.43 bits per heavy atom. The summed E-state index contributed by atoms with van der Waals surface area (Å²) in [6.07, 6.45) is 2.66. The number of hydrogen-bond acceptors (Lipinski definition) is 3. The predicted octanol–water partition coefficient (Wildman–Crippen LogP) is 3.26. The van der Waals surface area contributed by atoms with E-state index in [1.807, 2.05) is 67.7 Å². The van der Waals surface area contributed by atoms with Gasteiger partial charge in [-0.15, -0.1) is 0 Å². The number of amides is 2. The summed E-state index contributed by atoms with van der Waals surface area (Å²) in [5.41, 5.74) is 3.99. The Labute approximate surface area is 165 Å². The molecule has 3 aromatic rings. The fourth-order valence-electron chi connectivity index (χ4n) is 3.16. The molecule has 0 aliphatic carbocycles. The van der Waals surface area contributed by atoms with Crippen LogP contribution in [0.15, 0.2) is 54.7 Å². The normalized spacial score (nSPS) is 10.7. The summed E-state index contributed by atoms with van der Waals surface area (Å²) in [7, 11) is 3.93. The van der Waals surface area contributed by atoms with Crippen LogP contribution in [0.4, 0.5) is 11.4 Å². The Morgan fingerprint density at radius 1 is 1.04 bits per heavy atom. The highest BCUT2D eigenvalue weighted by Gasteiger charge is 2.15. The summed E-state index contributed by atoms with van der Waals surface area (Å²) < 4.78 is 0. The summed E-state index contributed by atoms with van der Waals surface area (Å²) in [4.78, 5) is 31.2. The molecule has 1 heterocycles. The van der Waals surface area contributed by atoms with Gasteiger partial charge in [-0.2, -0.15) is 0 Å². The van der Waals surface area contributed by atoms with Gasteiger partial charge in [0.1, 0.15) is 0 Å². The van der Waals surface area contributed by atoms with Gasteiger partial charge in [0.2, 0.25) is 11.8 Å². The molecule has 28 heavy (non-hydrogen) atoms. The number of nitrogens with zero attached hydrogens (tertiary/aromatic N) is 2. The molecule has 0 aliphatic rings. The first-order valence-electron chi connectivity index (χ1n) is 9.32. The SMILES string of the molecule is CC(=O)N(CCc1c[nH]c2ccccc12)CC(=O)Nc1ccc(N(C)C)cc1. The van der Waals surface area contributed by atoms with Crippen molar-refractivity contribution in [2.75, 3.05) is 37.4 Å². The Kier molecular flexibility index (Phi) is 5.99. The van der Waals surface area contributed by atoms with Crippen LogP contribution in [0.3, 0.4) is 0 Å². The first-order valence-corrected chi connectivity index (χ1v) is 9.32. The second kappa shape index (κ2) is 8.61. The van der Waals surface area contributed by atoms with E-state index in [0.717, 1.165) is 27.8 Å². The van der Waals surface area contributed by atoms with E-state index in [4.69, 9.17) is 0 Å². The Hall–Kier alpha value is -3.28. The number of aromatic nitrogens is 1. The predicted molar refractivity (Wildman–Crippen MR) is 114 cm³/mol. The van der Waals surface area contributed by atoms with Gasteiger partial charge in [0.15, 0.2) is 0 Å². The van der Waals surface area contributed by atoms with Crippen LogP contribution in [0.25, 0.3) is 10.9 Å². The molecule has 146 valence electrons. The lowest BCUT2D eigenvalue weighted by Gasteiger charge is -2.20. The summed E-state index contributed by atoms with van der Waals surface area (Å²) in [5, 5.41) is 4.01. The quantitative estimate of drug-likeness (QED) is 0.663. The van der Waals surface area contributed by atoms with Gasteiger partial charge in [0.05, 0.1) is 6.54 Å². The molecular formula is C22H26N4O2. The van der Waals surface area contributed by atoms with Gasteiger partial charge in [-0.1, -0.05) is 18.2 Å². The van der Waals surface area contributed by atoms with Crippen LogP contribution >= 0.6 is 0 Å². The molecule has 0 bridgehead atoms. The van der Waals surface area contributed by atoms with Gasteiger partial charge in [0.25, 0.3) is 0 Å². The third-order valence-electron chi connectivity index (χ3n) is 4.77. The molecule has 0 unspecified atom stereocenters. The lowest BCUT2D eigenvalue weighted by atomic mass is 10.1. The summed E-state index contributed by atoms with van der Waals surface area (Å²) in [6.45, 7) is 2.02. The summed E-state index contributed by atoms with van der Waals surface area (Å²) >= 11 is 0. The zero-order valence-electron chi connectivity index (χ0n) is 16.5. The van der Waals surface area contributed by atoms with Crippen molar-refractivity contribution in [1.82, 2.24) is 9.88 Å². The molecule has 0 saturated heterocycles. The molecule has 6 heteroatoms. The first-order chi connectivity index (χ1) is 13.4. The number of para-hydroxylation sites is 1. The molecule has 1 aromatic heterocycles. The molecule has 3 rings (SSSR count). The number of nitrogens with one attached hydrogen (secondary N) is 2. The van der Waals surface area contributed by atoms with Gasteiger partial charge >= 0.3 is 0 Å². The van der Waals surface area contributed by atoms with Crippen LogP contribution in [0.2, 0.25) is 0 Å². The number of carbonyl (C=O) groups is 2. The monoisotopic (exact) mass is 378 g/mol. The largest absolute Gasteiger partial charge is 0.378 e. The number of anilines is 2. The number of rotatable bonds is 7. The zero-order chi connectivity index (χ0) is 20.1. The van der Waals surface area contributed by atoms with Crippen LogP contribution < -0.4 is 10.2 Å². The van der Waals surface area contributed by atoms with Crippen molar-refractivity contribution in [2.24, 2.45) is 0 Å².